The van der Waals surface area contributed by atoms with E-state index in [0.29, 0.717) is 10.8 Å². The van der Waals surface area contributed by atoms with Gasteiger partial charge < -0.3 is 4.74 Å². The molecule has 1 aromatic carbocycles. The lowest BCUT2D eigenvalue weighted by molar-refractivity contribution is -0.138. The first kappa shape index (κ1) is 13.9. The third kappa shape index (κ3) is 3.15. The van der Waals surface area contributed by atoms with Gasteiger partial charge in [-0.05, 0) is 11.6 Å². The molecule has 106 valence electrons. The molecule has 0 atom stereocenters. The van der Waals surface area contributed by atoms with Crippen LogP contribution in [-0.2, 0) is 16.1 Å². The Labute approximate surface area is 130 Å². The van der Waals surface area contributed by atoms with Crippen molar-refractivity contribution in [3.8, 4) is 0 Å². The minimum absolute atomic E-state index is 0.248. The number of carbonyl (C=O) groups excluding carboxylic acids is 1. The van der Waals surface area contributed by atoms with Gasteiger partial charge in [0.05, 0.1) is 5.69 Å². The van der Waals surface area contributed by atoms with Gasteiger partial charge >= 0.3 is 5.97 Å². The minimum atomic E-state index is -0.417. The first-order valence-electron chi connectivity index (χ1n) is 6.24. The SMILES string of the molecule is O=C(/C=C/c1c(Cl)nc2sccn12)OCc1ccccc1. The van der Waals surface area contributed by atoms with Gasteiger partial charge in [0.1, 0.15) is 6.61 Å². The van der Waals surface area contributed by atoms with Gasteiger partial charge in [-0.3, -0.25) is 4.40 Å². The van der Waals surface area contributed by atoms with E-state index in [-0.39, 0.29) is 6.61 Å². The predicted octanol–water partition coefficient (Wildman–Crippen LogP) is 3.81. The van der Waals surface area contributed by atoms with Crippen molar-refractivity contribution in [1.29, 1.82) is 0 Å². The smallest absolute Gasteiger partial charge is 0.331 e. The van der Waals surface area contributed by atoms with Crippen molar-refractivity contribution in [2.24, 2.45) is 0 Å². The van der Waals surface area contributed by atoms with Gasteiger partial charge in [-0.15, -0.1) is 11.3 Å². The monoisotopic (exact) mass is 318 g/mol. The fourth-order valence-electron chi connectivity index (χ4n) is 1.85. The van der Waals surface area contributed by atoms with Crippen LogP contribution in [0.1, 0.15) is 11.3 Å². The Morgan fingerprint density at radius 3 is 3.00 bits per heavy atom. The van der Waals surface area contributed by atoms with E-state index >= 15 is 0 Å². The molecule has 0 spiro atoms. The zero-order chi connectivity index (χ0) is 14.7. The van der Waals surface area contributed by atoms with Crippen molar-refractivity contribution in [2.45, 2.75) is 6.61 Å². The van der Waals surface area contributed by atoms with Gasteiger partial charge in [0, 0.05) is 17.7 Å². The molecule has 0 bridgehead atoms. The van der Waals surface area contributed by atoms with Crippen molar-refractivity contribution in [3.05, 3.63) is 64.4 Å². The van der Waals surface area contributed by atoms with E-state index in [1.165, 1.54) is 17.4 Å². The van der Waals surface area contributed by atoms with Crippen LogP contribution < -0.4 is 0 Å². The number of thiazole rings is 1. The Bertz CT molecular complexity index is 792. The number of halogens is 1. The minimum Gasteiger partial charge on any atom is -0.458 e. The van der Waals surface area contributed by atoms with E-state index in [1.54, 1.807) is 6.08 Å². The maximum Gasteiger partial charge on any atom is 0.331 e. The molecule has 2 aromatic heterocycles. The summed E-state index contributed by atoms with van der Waals surface area (Å²) in [5, 5.41) is 2.28. The number of ether oxygens (including phenoxy) is 1. The second kappa shape index (κ2) is 6.11. The van der Waals surface area contributed by atoms with E-state index < -0.39 is 5.97 Å². The van der Waals surface area contributed by atoms with Crippen molar-refractivity contribution < 1.29 is 9.53 Å². The highest BCUT2D eigenvalue weighted by atomic mass is 35.5. The highest BCUT2D eigenvalue weighted by molar-refractivity contribution is 7.15. The zero-order valence-electron chi connectivity index (χ0n) is 10.9. The largest absolute Gasteiger partial charge is 0.458 e. The zero-order valence-corrected chi connectivity index (χ0v) is 12.5. The number of benzene rings is 1. The lowest BCUT2D eigenvalue weighted by atomic mass is 10.2. The molecule has 0 aliphatic heterocycles. The summed E-state index contributed by atoms with van der Waals surface area (Å²) in [5.41, 5.74) is 1.62. The summed E-state index contributed by atoms with van der Waals surface area (Å²) in [6.07, 6.45) is 4.83. The number of aromatic nitrogens is 2. The maximum atomic E-state index is 11.7. The molecule has 3 rings (SSSR count). The molecule has 0 N–H and O–H groups in total. The molecule has 0 fully saturated rings. The van der Waals surface area contributed by atoms with Crippen molar-refractivity contribution in [3.63, 3.8) is 0 Å². The average Bonchev–Trinajstić information content (AvgIpc) is 3.05. The third-order valence-corrected chi connectivity index (χ3v) is 3.89. The third-order valence-electron chi connectivity index (χ3n) is 2.86. The number of hydrogen-bond donors (Lipinski definition) is 0. The second-order valence-electron chi connectivity index (χ2n) is 4.27. The van der Waals surface area contributed by atoms with Crippen molar-refractivity contribution in [2.75, 3.05) is 0 Å². The van der Waals surface area contributed by atoms with E-state index in [4.69, 9.17) is 16.3 Å². The Kier molecular flexibility index (Phi) is 4.03. The van der Waals surface area contributed by atoms with E-state index in [2.05, 4.69) is 4.98 Å². The molecule has 21 heavy (non-hydrogen) atoms. The van der Waals surface area contributed by atoms with Crippen LogP contribution in [-0.4, -0.2) is 15.4 Å². The van der Waals surface area contributed by atoms with Gasteiger partial charge in [0.25, 0.3) is 0 Å². The van der Waals surface area contributed by atoms with Crippen molar-refractivity contribution >= 4 is 39.9 Å². The Morgan fingerprint density at radius 2 is 2.19 bits per heavy atom. The van der Waals surface area contributed by atoms with Gasteiger partial charge in [-0.2, -0.15) is 0 Å². The first-order valence-corrected chi connectivity index (χ1v) is 7.49. The van der Waals surface area contributed by atoms with E-state index in [1.807, 2.05) is 46.3 Å². The summed E-state index contributed by atoms with van der Waals surface area (Å²) in [5.74, 6) is -0.417. The summed E-state index contributed by atoms with van der Waals surface area (Å²) in [4.78, 5) is 16.7. The van der Waals surface area contributed by atoms with Crippen LogP contribution in [0.15, 0.2) is 48.0 Å². The molecular formula is C15H11ClN2O2S. The Hall–Kier alpha value is -2.11. The van der Waals surface area contributed by atoms with Crippen LogP contribution >= 0.6 is 22.9 Å². The maximum absolute atomic E-state index is 11.7. The Morgan fingerprint density at radius 1 is 1.38 bits per heavy atom. The standard InChI is InChI=1S/C15H11ClN2O2S/c16-14-12(18-8-9-21-15(18)17-14)6-7-13(19)20-10-11-4-2-1-3-5-11/h1-9H,10H2/b7-6+. The molecule has 0 saturated carbocycles. The molecule has 0 amide bonds. The number of fused-ring (bicyclic) bond motifs is 1. The van der Waals surface area contributed by atoms with Gasteiger partial charge in [0.2, 0.25) is 0 Å². The number of carbonyl (C=O) groups is 1. The first-order chi connectivity index (χ1) is 10.2. The molecular weight excluding hydrogens is 308 g/mol. The summed E-state index contributed by atoms with van der Waals surface area (Å²) in [6, 6.07) is 9.52. The quantitative estimate of drug-likeness (QED) is 0.543. The number of rotatable bonds is 4. The molecule has 0 saturated heterocycles. The summed E-state index contributed by atoms with van der Waals surface area (Å²) in [6.45, 7) is 0.248. The second-order valence-corrected chi connectivity index (χ2v) is 5.50. The Balaban J connectivity index is 1.67. The molecule has 0 aliphatic rings. The van der Waals surface area contributed by atoms with Crippen LogP contribution in [0.2, 0.25) is 5.15 Å². The van der Waals surface area contributed by atoms with Crippen LogP contribution in [0.25, 0.3) is 11.0 Å². The fraction of sp³-hybridized carbons (Fsp3) is 0.0667. The lowest BCUT2D eigenvalue weighted by Crippen LogP contribution is -2.00. The molecule has 0 aliphatic carbocycles. The van der Waals surface area contributed by atoms with E-state index in [0.717, 1.165) is 10.5 Å². The summed E-state index contributed by atoms with van der Waals surface area (Å²) < 4.78 is 6.99. The van der Waals surface area contributed by atoms with Crippen LogP contribution in [0.4, 0.5) is 0 Å². The predicted molar refractivity (Wildman–Crippen MR) is 83.4 cm³/mol. The molecule has 0 radical (unpaired) electrons. The molecule has 0 unspecified atom stereocenters. The van der Waals surface area contributed by atoms with Crippen LogP contribution in [0.5, 0.6) is 0 Å². The normalized spacial score (nSPS) is 11.3. The van der Waals surface area contributed by atoms with Gasteiger partial charge in [0.15, 0.2) is 10.1 Å². The summed E-state index contributed by atoms with van der Waals surface area (Å²) in [7, 11) is 0. The number of imidazole rings is 1. The molecule has 3 aromatic rings. The highest BCUT2D eigenvalue weighted by Crippen LogP contribution is 2.22. The van der Waals surface area contributed by atoms with Gasteiger partial charge in [-0.1, -0.05) is 41.9 Å². The number of hydrogen-bond acceptors (Lipinski definition) is 4. The number of esters is 1. The average molecular weight is 319 g/mol. The highest BCUT2D eigenvalue weighted by Gasteiger charge is 2.08. The van der Waals surface area contributed by atoms with Crippen molar-refractivity contribution in [1.82, 2.24) is 9.38 Å². The topological polar surface area (TPSA) is 43.6 Å². The number of nitrogens with zero attached hydrogens (tertiary/aromatic N) is 2. The van der Waals surface area contributed by atoms with E-state index in [9.17, 15) is 4.79 Å². The van der Waals surface area contributed by atoms with Gasteiger partial charge in [-0.25, -0.2) is 9.78 Å². The lowest BCUT2D eigenvalue weighted by Gasteiger charge is -2.01. The molecule has 2 heterocycles. The fourth-order valence-corrected chi connectivity index (χ4v) is 2.86. The van der Waals surface area contributed by atoms with Crippen LogP contribution in [0.3, 0.4) is 0 Å². The molecule has 6 heteroatoms. The van der Waals surface area contributed by atoms with Crippen LogP contribution in [0, 0.1) is 0 Å². The summed E-state index contributed by atoms with van der Waals surface area (Å²) >= 11 is 7.52. The molecule has 4 nitrogen and oxygen atoms in total.